The van der Waals surface area contributed by atoms with Gasteiger partial charge in [-0.1, -0.05) is 35.9 Å². The number of benzene rings is 2. The number of carbonyl (C=O) groups excluding carboxylic acids is 2. The van der Waals surface area contributed by atoms with E-state index in [0.29, 0.717) is 25.1 Å². The lowest BCUT2D eigenvalue weighted by atomic mass is 9.82. The number of ether oxygens (including phenoxy) is 1. The van der Waals surface area contributed by atoms with Crippen LogP contribution in [0.4, 0.5) is 5.69 Å². The van der Waals surface area contributed by atoms with Crippen molar-refractivity contribution in [1.82, 2.24) is 15.1 Å². The fourth-order valence-corrected chi connectivity index (χ4v) is 5.32. The van der Waals surface area contributed by atoms with Gasteiger partial charge in [-0.3, -0.25) is 9.59 Å². The highest BCUT2D eigenvalue weighted by Gasteiger charge is 2.42. The number of nitrogens with zero attached hydrogens (tertiary/aromatic N) is 3. The molecule has 2 heterocycles. The summed E-state index contributed by atoms with van der Waals surface area (Å²) in [7, 11) is 3.80. The molecular formula is C29H40N4O3. The maximum atomic E-state index is 13.5. The molecule has 0 bridgehead atoms. The quantitative estimate of drug-likeness (QED) is 0.542. The molecular weight excluding hydrogens is 452 g/mol. The number of rotatable bonds is 9. The van der Waals surface area contributed by atoms with Crippen molar-refractivity contribution < 1.29 is 14.3 Å². The number of piperazine rings is 1. The molecule has 2 aliphatic rings. The van der Waals surface area contributed by atoms with Crippen molar-refractivity contribution in [3.05, 3.63) is 59.7 Å². The van der Waals surface area contributed by atoms with Crippen molar-refractivity contribution in [3.8, 4) is 5.75 Å². The van der Waals surface area contributed by atoms with Crippen molar-refractivity contribution in [2.45, 2.75) is 38.6 Å². The van der Waals surface area contributed by atoms with Crippen LogP contribution in [0.15, 0.2) is 48.5 Å². The molecule has 194 valence electrons. The minimum Gasteiger partial charge on any atom is -0.496 e. The molecule has 7 nitrogen and oxygen atoms in total. The Kier molecular flexibility index (Phi) is 8.99. The number of carbonyl (C=O) groups is 2. The zero-order chi connectivity index (χ0) is 25.5. The number of aryl methyl sites for hydroxylation is 1. The van der Waals surface area contributed by atoms with Gasteiger partial charge in [-0.05, 0) is 58.0 Å². The van der Waals surface area contributed by atoms with Crippen LogP contribution >= 0.6 is 0 Å². The highest BCUT2D eigenvalue weighted by atomic mass is 16.5. The lowest BCUT2D eigenvalue weighted by Gasteiger charge is -2.41. The molecule has 2 fully saturated rings. The van der Waals surface area contributed by atoms with E-state index in [0.717, 1.165) is 62.4 Å². The molecule has 1 N–H and O–H groups in total. The molecule has 2 aromatic carbocycles. The van der Waals surface area contributed by atoms with E-state index in [9.17, 15) is 9.59 Å². The number of likely N-dealkylation sites (N-methyl/N-ethyl adjacent to an activating group) is 1. The molecule has 2 aliphatic heterocycles. The maximum absolute atomic E-state index is 13.5. The fraction of sp³-hybridized carbons (Fsp3) is 0.517. The number of methoxy groups -OCH3 is 1. The summed E-state index contributed by atoms with van der Waals surface area (Å²) < 4.78 is 5.67. The standard InChI is InChI=1S/C29H40N4O3/c1-22-10-12-23(13-11-22)33-27(34)15-14-25(28(33)24-8-4-5-9-26(24)36-3)29(35)30-16-6-7-17-32-20-18-31(2)19-21-32/h4-5,8-13,25,28H,6-7,14-21H2,1-3H3,(H,30,35). The molecule has 2 aromatic rings. The maximum Gasteiger partial charge on any atom is 0.227 e. The van der Waals surface area contributed by atoms with Crippen LogP contribution in [-0.2, 0) is 9.59 Å². The average molecular weight is 493 g/mol. The van der Waals surface area contributed by atoms with E-state index in [2.05, 4.69) is 22.2 Å². The second-order valence-electron chi connectivity index (χ2n) is 10.1. The van der Waals surface area contributed by atoms with Crippen molar-refractivity contribution in [2.24, 2.45) is 5.92 Å². The van der Waals surface area contributed by atoms with Crippen molar-refractivity contribution >= 4 is 17.5 Å². The SMILES string of the molecule is COc1ccccc1C1C(C(=O)NCCCCN2CCN(C)CC2)CCC(=O)N1c1ccc(C)cc1. The summed E-state index contributed by atoms with van der Waals surface area (Å²) in [4.78, 5) is 33.4. The van der Waals surface area contributed by atoms with Crippen LogP contribution in [0.3, 0.4) is 0 Å². The summed E-state index contributed by atoms with van der Waals surface area (Å²) in [5.41, 5.74) is 2.80. The zero-order valence-electron chi connectivity index (χ0n) is 21.9. The van der Waals surface area contributed by atoms with Gasteiger partial charge >= 0.3 is 0 Å². The summed E-state index contributed by atoms with van der Waals surface area (Å²) >= 11 is 0. The lowest BCUT2D eigenvalue weighted by Crippen LogP contribution is -2.48. The first-order valence-electron chi connectivity index (χ1n) is 13.2. The number of nitrogens with one attached hydrogen (secondary N) is 1. The molecule has 0 saturated carbocycles. The van der Waals surface area contributed by atoms with Gasteiger partial charge in [-0.25, -0.2) is 0 Å². The summed E-state index contributed by atoms with van der Waals surface area (Å²) in [6.45, 7) is 8.24. The van der Waals surface area contributed by atoms with Crippen LogP contribution in [0.1, 0.15) is 42.9 Å². The molecule has 2 amide bonds. The molecule has 4 rings (SSSR count). The second kappa shape index (κ2) is 12.4. The van der Waals surface area contributed by atoms with Crippen LogP contribution in [0.2, 0.25) is 0 Å². The number of piperidine rings is 1. The van der Waals surface area contributed by atoms with E-state index in [-0.39, 0.29) is 17.7 Å². The second-order valence-corrected chi connectivity index (χ2v) is 10.1. The molecule has 7 heteroatoms. The third-order valence-corrected chi connectivity index (χ3v) is 7.50. The Balaban J connectivity index is 1.46. The summed E-state index contributed by atoms with van der Waals surface area (Å²) in [6, 6.07) is 15.3. The Labute approximate surface area is 215 Å². The van der Waals surface area contributed by atoms with Crippen LogP contribution in [0.5, 0.6) is 5.75 Å². The van der Waals surface area contributed by atoms with Crippen LogP contribution in [0, 0.1) is 12.8 Å². The first kappa shape index (κ1) is 26.2. The summed E-state index contributed by atoms with van der Waals surface area (Å²) in [5, 5.41) is 3.19. The molecule has 2 atom stereocenters. The van der Waals surface area contributed by atoms with E-state index < -0.39 is 6.04 Å². The Morgan fingerprint density at radius 3 is 2.47 bits per heavy atom. The van der Waals surface area contributed by atoms with Crippen LogP contribution < -0.4 is 15.0 Å². The number of unbranched alkanes of at least 4 members (excludes halogenated alkanes) is 1. The number of amides is 2. The van der Waals surface area contributed by atoms with Gasteiger partial charge in [0, 0.05) is 50.4 Å². The number of para-hydroxylation sites is 1. The molecule has 0 radical (unpaired) electrons. The minimum absolute atomic E-state index is 0.00937. The number of hydrogen-bond acceptors (Lipinski definition) is 5. The normalized spacial score (nSPS) is 21.4. The third kappa shape index (κ3) is 6.26. The van der Waals surface area contributed by atoms with E-state index >= 15 is 0 Å². The number of hydrogen-bond donors (Lipinski definition) is 1. The van der Waals surface area contributed by atoms with Gasteiger partial charge in [0.25, 0.3) is 0 Å². The average Bonchev–Trinajstić information content (AvgIpc) is 2.90. The largest absolute Gasteiger partial charge is 0.496 e. The van der Waals surface area contributed by atoms with Crippen molar-refractivity contribution in [1.29, 1.82) is 0 Å². The Morgan fingerprint density at radius 2 is 1.75 bits per heavy atom. The predicted octanol–water partition coefficient (Wildman–Crippen LogP) is 3.63. The van der Waals surface area contributed by atoms with E-state index in [1.54, 1.807) is 12.0 Å². The molecule has 0 spiro atoms. The van der Waals surface area contributed by atoms with Gasteiger partial charge in [0.05, 0.1) is 19.1 Å². The summed E-state index contributed by atoms with van der Waals surface area (Å²) in [6.07, 6.45) is 2.89. The minimum atomic E-state index is -0.421. The Morgan fingerprint density at radius 1 is 1.03 bits per heavy atom. The molecule has 0 aliphatic carbocycles. The molecule has 0 aromatic heterocycles. The monoisotopic (exact) mass is 492 g/mol. The van der Waals surface area contributed by atoms with Crippen LogP contribution in [-0.4, -0.2) is 75.0 Å². The highest BCUT2D eigenvalue weighted by Crippen LogP contribution is 2.43. The molecule has 2 saturated heterocycles. The van der Waals surface area contributed by atoms with E-state index in [4.69, 9.17) is 4.74 Å². The lowest BCUT2D eigenvalue weighted by molar-refractivity contribution is -0.129. The number of anilines is 1. The van der Waals surface area contributed by atoms with E-state index in [1.807, 2.05) is 55.5 Å². The van der Waals surface area contributed by atoms with Gasteiger partial charge in [-0.15, -0.1) is 0 Å². The Hall–Kier alpha value is -2.90. The smallest absolute Gasteiger partial charge is 0.227 e. The van der Waals surface area contributed by atoms with Gasteiger partial charge in [0.1, 0.15) is 5.75 Å². The van der Waals surface area contributed by atoms with E-state index in [1.165, 1.54) is 0 Å². The zero-order valence-corrected chi connectivity index (χ0v) is 21.9. The molecule has 36 heavy (non-hydrogen) atoms. The topological polar surface area (TPSA) is 65.1 Å². The fourth-order valence-electron chi connectivity index (χ4n) is 5.32. The van der Waals surface area contributed by atoms with Crippen molar-refractivity contribution in [2.75, 3.05) is 58.3 Å². The summed E-state index contributed by atoms with van der Waals surface area (Å²) in [5.74, 6) is 0.387. The van der Waals surface area contributed by atoms with Gasteiger partial charge in [-0.2, -0.15) is 0 Å². The van der Waals surface area contributed by atoms with Gasteiger partial charge in [0.2, 0.25) is 11.8 Å². The predicted molar refractivity (Wildman–Crippen MR) is 143 cm³/mol. The first-order chi connectivity index (χ1) is 17.5. The third-order valence-electron chi connectivity index (χ3n) is 7.50. The Bertz CT molecular complexity index is 1020. The van der Waals surface area contributed by atoms with Gasteiger partial charge in [0.15, 0.2) is 0 Å². The first-order valence-corrected chi connectivity index (χ1v) is 13.2. The molecule has 2 unspecified atom stereocenters. The van der Waals surface area contributed by atoms with Crippen molar-refractivity contribution in [3.63, 3.8) is 0 Å². The van der Waals surface area contributed by atoms with Crippen LogP contribution in [0.25, 0.3) is 0 Å². The highest BCUT2D eigenvalue weighted by molar-refractivity contribution is 5.97. The van der Waals surface area contributed by atoms with Gasteiger partial charge < -0.3 is 24.8 Å².